The number of carbonyl (C=O) groups excluding carboxylic acids is 1. The van der Waals surface area contributed by atoms with Gasteiger partial charge in [-0.15, -0.1) is 0 Å². The zero-order valence-electron chi connectivity index (χ0n) is 10.4. The highest BCUT2D eigenvalue weighted by atomic mass is 19.1. The Morgan fingerprint density at radius 2 is 1.79 bits per heavy atom. The van der Waals surface area contributed by atoms with Crippen LogP contribution in [0.3, 0.4) is 0 Å². The summed E-state index contributed by atoms with van der Waals surface area (Å²) in [6, 6.07) is 10.4. The van der Waals surface area contributed by atoms with Crippen LogP contribution < -0.4 is 5.32 Å². The fraction of sp³-hybridized carbons (Fsp3) is 0.133. The third-order valence-corrected chi connectivity index (χ3v) is 2.66. The number of halogens is 2. The van der Waals surface area contributed by atoms with Crippen molar-refractivity contribution in [1.29, 1.82) is 0 Å². The van der Waals surface area contributed by atoms with Gasteiger partial charge < -0.3 is 5.32 Å². The van der Waals surface area contributed by atoms with E-state index in [0.717, 1.165) is 29.3 Å². The Morgan fingerprint density at radius 1 is 1.11 bits per heavy atom. The standard InChI is InChI=1S/C15H13F2NO/c1-10-3-2-4-11(5-10)9-18-15(19)12-6-13(16)8-14(17)7-12/h2-8H,9H2,1H3,(H,18,19). The smallest absolute Gasteiger partial charge is 0.251 e. The molecule has 98 valence electrons. The van der Waals surface area contributed by atoms with Crippen molar-refractivity contribution in [3.05, 3.63) is 70.8 Å². The number of rotatable bonds is 3. The van der Waals surface area contributed by atoms with Gasteiger partial charge in [0.05, 0.1) is 0 Å². The summed E-state index contributed by atoms with van der Waals surface area (Å²) in [4.78, 5) is 11.8. The Kier molecular flexibility index (Phi) is 3.90. The van der Waals surface area contributed by atoms with Crippen LogP contribution >= 0.6 is 0 Å². The molecule has 0 spiro atoms. The normalized spacial score (nSPS) is 10.3. The van der Waals surface area contributed by atoms with Gasteiger partial charge in [-0.3, -0.25) is 4.79 Å². The fourth-order valence-corrected chi connectivity index (χ4v) is 1.79. The first-order valence-electron chi connectivity index (χ1n) is 5.84. The van der Waals surface area contributed by atoms with E-state index >= 15 is 0 Å². The summed E-state index contributed by atoms with van der Waals surface area (Å²) in [5.41, 5.74) is 2.00. The highest BCUT2D eigenvalue weighted by Gasteiger charge is 2.08. The second-order valence-electron chi connectivity index (χ2n) is 4.33. The van der Waals surface area contributed by atoms with E-state index in [1.165, 1.54) is 0 Å². The van der Waals surface area contributed by atoms with E-state index < -0.39 is 17.5 Å². The van der Waals surface area contributed by atoms with E-state index in [0.29, 0.717) is 6.54 Å². The van der Waals surface area contributed by atoms with Gasteiger partial charge in [-0.25, -0.2) is 8.78 Å². The summed E-state index contributed by atoms with van der Waals surface area (Å²) in [6.45, 7) is 2.27. The van der Waals surface area contributed by atoms with Gasteiger partial charge in [-0.1, -0.05) is 29.8 Å². The molecular formula is C15H13F2NO. The fourth-order valence-electron chi connectivity index (χ4n) is 1.79. The summed E-state index contributed by atoms with van der Waals surface area (Å²) in [5.74, 6) is -2.03. The molecule has 0 heterocycles. The third-order valence-electron chi connectivity index (χ3n) is 2.66. The zero-order valence-corrected chi connectivity index (χ0v) is 10.4. The molecule has 2 aromatic carbocycles. The van der Waals surface area contributed by atoms with Gasteiger partial charge >= 0.3 is 0 Å². The molecule has 2 rings (SSSR count). The van der Waals surface area contributed by atoms with Gasteiger partial charge in [0.25, 0.3) is 5.91 Å². The molecule has 0 atom stereocenters. The first kappa shape index (κ1) is 13.2. The molecular weight excluding hydrogens is 248 g/mol. The lowest BCUT2D eigenvalue weighted by molar-refractivity contribution is 0.0950. The van der Waals surface area contributed by atoms with Crippen molar-refractivity contribution in [2.75, 3.05) is 0 Å². The largest absolute Gasteiger partial charge is 0.348 e. The van der Waals surface area contributed by atoms with Gasteiger partial charge in [0, 0.05) is 18.2 Å². The Labute approximate surface area is 110 Å². The van der Waals surface area contributed by atoms with Gasteiger partial charge in [0.2, 0.25) is 0 Å². The van der Waals surface area contributed by atoms with Gasteiger partial charge in [-0.2, -0.15) is 0 Å². The maximum Gasteiger partial charge on any atom is 0.251 e. The summed E-state index contributed by atoms with van der Waals surface area (Å²) in [6.07, 6.45) is 0. The van der Waals surface area contributed by atoms with Crippen LogP contribution in [-0.2, 0) is 6.54 Å². The number of amides is 1. The lowest BCUT2D eigenvalue weighted by atomic mass is 10.1. The maximum absolute atomic E-state index is 13.0. The highest BCUT2D eigenvalue weighted by molar-refractivity contribution is 5.94. The van der Waals surface area contributed by atoms with Crippen molar-refractivity contribution in [3.63, 3.8) is 0 Å². The summed E-state index contributed by atoms with van der Waals surface area (Å²) in [5, 5.41) is 2.62. The third kappa shape index (κ3) is 3.61. The lowest BCUT2D eigenvalue weighted by Gasteiger charge is -2.06. The first-order chi connectivity index (χ1) is 9.04. The minimum absolute atomic E-state index is 0.0230. The Balaban J connectivity index is 2.05. The molecule has 1 N–H and O–H groups in total. The summed E-state index contributed by atoms with van der Waals surface area (Å²) >= 11 is 0. The molecule has 0 bridgehead atoms. The molecule has 0 saturated carbocycles. The number of aryl methyl sites for hydroxylation is 1. The first-order valence-corrected chi connectivity index (χ1v) is 5.84. The second kappa shape index (κ2) is 5.61. The van der Waals surface area contributed by atoms with E-state index in [1.54, 1.807) is 0 Å². The molecule has 2 aromatic rings. The number of nitrogens with one attached hydrogen (secondary N) is 1. The van der Waals surface area contributed by atoms with Crippen LogP contribution in [0.15, 0.2) is 42.5 Å². The van der Waals surface area contributed by atoms with Crippen molar-refractivity contribution in [2.24, 2.45) is 0 Å². The molecule has 0 aromatic heterocycles. The molecule has 1 amide bonds. The predicted octanol–water partition coefficient (Wildman–Crippen LogP) is 3.20. The van der Waals surface area contributed by atoms with Crippen LogP contribution in [0.4, 0.5) is 8.78 Å². The minimum atomic E-state index is -0.763. The van der Waals surface area contributed by atoms with Crippen LogP contribution in [0.1, 0.15) is 21.5 Å². The van der Waals surface area contributed by atoms with Crippen molar-refractivity contribution < 1.29 is 13.6 Å². The predicted molar refractivity (Wildman–Crippen MR) is 68.7 cm³/mol. The number of hydrogen-bond acceptors (Lipinski definition) is 1. The average Bonchev–Trinajstić information content (AvgIpc) is 2.35. The van der Waals surface area contributed by atoms with Gasteiger partial charge in [0.1, 0.15) is 11.6 Å². The topological polar surface area (TPSA) is 29.1 Å². The quantitative estimate of drug-likeness (QED) is 0.903. The van der Waals surface area contributed by atoms with Crippen LogP contribution in [0, 0.1) is 18.6 Å². The molecule has 0 saturated heterocycles. The monoisotopic (exact) mass is 261 g/mol. The Bertz CT molecular complexity index is 591. The van der Waals surface area contributed by atoms with Crippen molar-refractivity contribution in [3.8, 4) is 0 Å². The maximum atomic E-state index is 13.0. The molecule has 0 aliphatic rings. The number of benzene rings is 2. The van der Waals surface area contributed by atoms with Crippen LogP contribution in [0.25, 0.3) is 0 Å². The molecule has 0 unspecified atom stereocenters. The Hall–Kier alpha value is -2.23. The molecule has 0 fully saturated rings. The highest BCUT2D eigenvalue weighted by Crippen LogP contribution is 2.09. The second-order valence-corrected chi connectivity index (χ2v) is 4.33. The molecule has 2 nitrogen and oxygen atoms in total. The minimum Gasteiger partial charge on any atom is -0.348 e. The lowest BCUT2D eigenvalue weighted by Crippen LogP contribution is -2.23. The van der Waals surface area contributed by atoms with Crippen molar-refractivity contribution in [1.82, 2.24) is 5.32 Å². The van der Waals surface area contributed by atoms with Crippen LogP contribution in [-0.4, -0.2) is 5.91 Å². The van der Waals surface area contributed by atoms with E-state index in [4.69, 9.17) is 0 Å². The van der Waals surface area contributed by atoms with E-state index in [9.17, 15) is 13.6 Å². The summed E-state index contributed by atoms with van der Waals surface area (Å²) < 4.78 is 26.0. The van der Waals surface area contributed by atoms with E-state index in [2.05, 4.69) is 5.32 Å². The number of carbonyl (C=O) groups is 1. The van der Waals surface area contributed by atoms with Crippen LogP contribution in [0.5, 0.6) is 0 Å². The SMILES string of the molecule is Cc1cccc(CNC(=O)c2cc(F)cc(F)c2)c1. The van der Waals surface area contributed by atoms with E-state index in [-0.39, 0.29) is 5.56 Å². The van der Waals surface area contributed by atoms with Gasteiger partial charge in [0.15, 0.2) is 0 Å². The molecule has 4 heteroatoms. The Morgan fingerprint density at radius 3 is 2.42 bits per heavy atom. The number of hydrogen-bond donors (Lipinski definition) is 1. The molecule has 0 aliphatic heterocycles. The van der Waals surface area contributed by atoms with Crippen molar-refractivity contribution >= 4 is 5.91 Å². The van der Waals surface area contributed by atoms with E-state index in [1.807, 2.05) is 31.2 Å². The molecule has 19 heavy (non-hydrogen) atoms. The van der Waals surface area contributed by atoms with Gasteiger partial charge in [-0.05, 0) is 24.6 Å². The average molecular weight is 261 g/mol. The van der Waals surface area contributed by atoms with Crippen LogP contribution in [0.2, 0.25) is 0 Å². The molecule has 0 aliphatic carbocycles. The van der Waals surface area contributed by atoms with Crippen molar-refractivity contribution in [2.45, 2.75) is 13.5 Å². The zero-order chi connectivity index (χ0) is 13.8. The molecule has 0 radical (unpaired) electrons. The summed E-state index contributed by atoms with van der Waals surface area (Å²) in [7, 11) is 0.